The summed E-state index contributed by atoms with van der Waals surface area (Å²) in [4.78, 5) is 12.1. The van der Waals surface area contributed by atoms with Crippen molar-refractivity contribution in [2.24, 2.45) is 5.92 Å². The van der Waals surface area contributed by atoms with Crippen LogP contribution >= 0.6 is 15.9 Å². The molecule has 0 amide bonds. The Morgan fingerprint density at radius 1 is 1.39 bits per heavy atom. The summed E-state index contributed by atoms with van der Waals surface area (Å²) in [6, 6.07) is 4.62. The quantitative estimate of drug-likeness (QED) is 0.618. The lowest BCUT2D eigenvalue weighted by molar-refractivity contribution is 0.0953. The Balaban J connectivity index is 2.68. The highest BCUT2D eigenvalue weighted by atomic mass is 79.9. The van der Waals surface area contributed by atoms with Crippen molar-refractivity contribution >= 4 is 21.7 Å². The van der Waals surface area contributed by atoms with Gasteiger partial charge < -0.3 is 0 Å². The maximum Gasteiger partial charge on any atom is 0.166 e. The second-order valence-electron chi connectivity index (χ2n) is 4.67. The van der Waals surface area contributed by atoms with Crippen molar-refractivity contribution in [1.29, 1.82) is 0 Å². The number of halogens is 2. The molecule has 0 saturated carbocycles. The average Bonchev–Trinajstić information content (AvgIpc) is 2.34. The molecule has 1 nitrogen and oxygen atoms in total. The summed E-state index contributed by atoms with van der Waals surface area (Å²) in [6.07, 6.45) is 4.75. The van der Waals surface area contributed by atoms with Crippen LogP contribution in [0, 0.1) is 11.7 Å². The summed E-state index contributed by atoms with van der Waals surface area (Å²) in [7, 11) is 0. The molecule has 3 heteroatoms. The molecular formula is C15H20BrFO. The zero-order valence-electron chi connectivity index (χ0n) is 11.0. The molecule has 1 aromatic rings. The number of Topliss-reactive ketones (excluding diaryl/α,β-unsaturated/α-hetero) is 1. The van der Waals surface area contributed by atoms with Crippen molar-refractivity contribution in [2.75, 3.05) is 0 Å². The molecular weight excluding hydrogens is 295 g/mol. The molecule has 0 aliphatic carbocycles. The lowest BCUT2D eigenvalue weighted by atomic mass is 9.91. The van der Waals surface area contributed by atoms with E-state index < -0.39 is 5.82 Å². The minimum Gasteiger partial charge on any atom is -0.294 e. The van der Waals surface area contributed by atoms with E-state index in [0.717, 1.165) is 25.7 Å². The molecule has 0 aliphatic heterocycles. The van der Waals surface area contributed by atoms with Gasteiger partial charge in [-0.15, -0.1) is 0 Å². The van der Waals surface area contributed by atoms with Gasteiger partial charge in [0.25, 0.3) is 0 Å². The molecule has 0 saturated heterocycles. The molecule has 1 rings (SSSR count). The second kappa shape index (κ2) is 7.67. The fourth-order valence-corrected chi connectivity index (χ4v) is 2.36. The van der Waals surface area contributed by atoms with Crippen molar-refractivity contribution in [2.45, 2.75) is 46.0 Å². The first-order chi connectivity index (χ1) is 8.58. The highest BCUT2D eigenvalue weighted by Gasteiger charge is 2.16. The van der Waals surface area contributed by atoms with Gasteiger partial charge in [-0.2, -0.15) is 0 Å². The Hall–Kier alpha value is -0.700. The van der Waals surface area contributed by atoms with Crippen LogP contribution in [0.5, 0.6) is 0 Å². The number of ketones is 1. The standard InChI is InChI=1S/C15H20BrFO/c1-3-5-6-11(4-2)9-15(18)13-8-7-12(16)10-14(13)17/h7-8,10-11H,3-6,9H2,1-2H3. The molecule has 18 heavy (non-hydrogen) atoms. The number of carbonyl (C=O) groups excluding carboxylic acids is 1. The van der Waals surface area contributed by atoms with Crippen molar-refractivity contribution in [3.8, 4) is 0 Å². The lowest BCUT2D eigenvalue weighted by Crippen LogP contribution is -2.10. The minimum atomic E-state index is -0.431. The summed E-state index contributed by atoms with van der Waals surface area (Å²) in [5.74, 6) is -0.136. The van der Waals surface area contributed by atoms with Crippen LogP contribution in [0.3, 0.4) is 0 Å². The molecule has 0 bridgehead atoms. The Labute approximate surface area is 117 Å². The molecule has 1 atom stereocenters. The fourth-order valence-electron chi connectivity index (χ4n) is 2.03. The summed E-state index contributed by atoms with van der Waals surface area (Å²) in [6.45, 7) is 4.23. The maximum absolute atomic E-state index is 13.7. The smallest absolute Gasteiger partial charge is 0.166 e. The highest BCUT2D eigenvalue weighted by molar-refractivity contribution is 9.10. The number of rotatable bonds is 7. The predicted octanol–water partition coefficient (Wildman–Crippen LogP) is 5.38. The highest BCUT2D eigenvalue weighted by Crippen LogP contribution is 2.22. The van der Waals surface area contributed by atoms with Gasteiger partial charge in [-0.25, -0.2) is 4.39 Å². The average molecular weight is 315 g/mol. The molecule has 1 unspecified atom stereocenters. The van der Waals surface area contributed by atoms with Gasteiger partial charge in [0.15, 0.2) is 5.78 Å². The maximum atomic E-state index is 13.7. The predicted molar refractivity (Wildman–Crippen MR) is 76.4 cm³/mol. The van der Waals surface area contributed by atoms with E-state index in [2.05, 4.69) is 29.8 Å². The van der Waals surface area contributed by atoms with Crippen LogP contribution in [0.2, 0.25) is 0 Å². The van der Waals surface area contributed by atoms with E-state index in [-0.39, 0.29) is 11.3 Å². The zero-order valence-corrected chi connectivity index (χ0v) is 12.6. The fraction of sp³-hybridized carbons (Fsp3) is 0.533. The molecule has 0 fully saturated rings. The normalized spacial score (nSPS) is 12.4. The molecule has 0 aliphatic rings. The first-order valence-corrected chi connectivity index (χ1v) is 7.36. The summed E-state index contributed by atoms with van der Waals surface area (Å²) in [5, 5.41) is 0. The molecule has 100 valence electrons. The number of unbranched alkanes of at least 4 members (excludes halogenated alkanes) is 1. The Bertz CT molecular complexity index is 403. The Kier molecular flexibility index (Phi) is 6.55. The van der Waals surface area contributed by atoms with Gasteiger partial charge in [-0.1, -0.05) is 55.5 Å². The van der Waals surface area contributed by atoms with Crippen molar-refractivity contribution in [1.82, 2.24) is 0 Å². The third-order valence-electron chi connectivity index (χ3n) is 3.25. The molecule has 0 aromatic heterocycles. The van der Waals surface area contributed by atoms with Crippen molar-refractivity contribution < 1.29 is 9.18 Å². The Morgan fingerprint density at radius 2 is 2.11 bits per heavy atom. The number of hydrogen-bond acceptors (Lipinski definition) is 1. The van der Waals surface area contributed by atoms with Gasteiger partial charge in [0.05, 0.1) is 5.56 Å². The van der Waals surface area contributed by atoms with E-state index in [9.17, 15) is 9.18 Å². The van der Waals surface area contributed by atoms with Crippen LogP contribution < -0.4 is 0 Å². The third kappa shape index (κ3) is 4.52. The van der Waals surface area contributed by atoms with E-state index in [0.29, 0.717) is 16.8 Å². The van der Waals surface area contributed by atoms with Gasteiger partial charge in [0, 0.05) is 10.9 Å². The number of hydrogen-bond donors (Lipinski definition) is 0. The summed E-state index contributed by atoms with van der Waals surface area (Å²) < 4.78 is 14.3. The molecule has 1 aromatic carbocycles. The van der Waals surface area contributed by atoms with E-state index in [1.54, 1.807) is 12.1 Å². The minimum absolute atomic E-state index is 0.0806. The molecule has 0 heterocycles. The van der Waals surface area contributed by atoms with Crippen LogP contribution in [0.4, 0.5) is 4.39 Å². The molecule has 0 N–H and O–H groups in total. The number of benzene rings is 1. The zero-order chi connectivity index (χ0) is 13.5. The topological polar surface area (TPSA) is 17.1 Å². The van der Waals surface area contributed by atoms with Gasteiger partial charge in [-0.3, -0.25) is 4.79 Å². The van der Waals surface area contributed by atoms with E-state index in [1.165, 1.54) is 6.07 Å². The van der Waals surface area contributed by atoms with E-state index in [4.69, 9.17) is 0 Å². The summed E-state index contributed by atoms with van der Waals surface area (Å²) >= 11 is 3.19. The van der Waals surface area contributed by atoms with Gasteiger partial charge >= 0.3 is 0 Å². The van der Waals surface area contributed by atoms with Crippen LogP contribution in [0.1, 0.15) is 56.3 Å². The van der Waals surface area contributed by atoms with Crippen molar-refractivity contribution in [3.05, 3.63) is 34.1 Å². The van der Waals surface area contributed by atoms with Gasteiger partial charge in [0.2, 0.25) is 0 Å². The van der Waals surface area contributed by atoms with Crippen LogP contribution in [-0.2, 0) is 0 Å². The van der Waals surface area contributed by atoms with E-state index in [1.807, 2.05) is 0 Å². The first-order valence-electron chi connectivity index (χ1n) is 6.56. The number of carbonyl (C=O) groups is 1. The lowest BCUT2D eigenvalue weighted by Gasteiger charge is -2.13. The van der Waals surface area contributed by atoms with Crippen molar-refractivity contribution in [3.63, 3.8) is 0 Å². The van der Waals surface area contributed by atoms with Crippen LogP contribution in [0.25, 0.3) is 0 Å². The van der Waals surface area contributed by atoms with Crippen LogP contribution in [0.15, 0.2) is 22.7 Å². The SMILES string of the molecule is CCCCC(CC)CC(=O)c1ccc(Br)cc1F. The van der Waals surface area contributed by atoms with E-state index >= 15 is 0 Å². The molecule has 0 radical (unpaired) electrons. The largest absolute Gasteiger partial charge is 0.294 e. The first kappa shape index (κ1) is 15.4. The molecule has 0 spiro atoms. The monoisotopic (exact) mass is 314 g/mol. The second-order valence-corrected chi connectivity index (χ2v) is 5.58. The third-order valence-corrected chi connectivity index (χ3v) is 3.74. The van der Waals surface area contributed by atoms with Gasteiger partial charge in [0.1, 0.15) is 5.82 Å². The summed E-state index contributed by atoms with van der Waals surface area (Å²) in [5.41, 5.74) is 0.216. The Morgan fingerprint density at radius 3 is 2.67 bits per heavy atom. The van der Waals surface area contributed by atoms with Crippen LogP contribution in [-0.4, -0.2) is 5.78 Å². The van der Waals surface area contributed by atoms with Gasteiger partial charge in [-0.05, 0) is 24.1 Å².